The van der Waals surface area contributed by atoms with Gasteiger partial charge in [-0.2, -0.15) is 5.10 Å². The number of hydrogen-bond donors (Lipinski definition) is 3. The zero-order chi connectivity index (χ0) is 15.1. The molecule has 3 aromatic rings. The SMILES string of the molecule is CNc1n[nH]c2ccc(-c3c(F)cc(F)c(O)c3F)cc12. The fraction of sp³-hybridized carbons (Fsp3) is 0.0714. The lowest BCUT2D eigenvalue weighted by Gasteiger charge is -2.08. The Kier molecular flexibility index (Phi) is 2.97. The van der Waals surface area contributed by atoms with Crippen LogP contribution in [0.25, 0.3) is 22.0 Å². The maximum Gasteiger partial charge on any atom is 0.188 e. The summed E-state index contributed by atoms with van der Waals surface area (Å²) < 4.78 is 40.9. The number of anilines is 1. The number of nitrogens with zero attached hydrogens (tertiary/aromatic N) is 1. The largest absolute Gasteiger partial charge is 0.503 e. The van der Waals surface area contributed by atoms with Crippen molar-refractivity contribution in [2.75, 3.05) is 12.4 Å². The van der Waals surface area contributed by atoms with Crippen LogP contribution in [-0.4, -0.2) is 22.4 Å². The molecule has 1 heterocycles. The second kappa shape index (κ2) is 4.69. The molecular formula is C14H10F3N3O. The molecule has 0 bridgehead atoms. The third kappa shape index (κ3) is 1.97. The first-order valence-electron chi connectivity index (χ1n) is 6.05. The van der Waals surface area contributed by atoms with E-state index in [2.05, 4.69) is 15.5 Å². The number of H-pyrrole nitrogens is 1. The molecular weight excluding hydrogens is 283 g/mol. The molecule has 4 nitrogen and oxygen atoms in total. The molecule has 0 fully saturated rings. The minimum Gasteiger partial charge on any atom is -0.503 e. The van der Waals surface area contributed by atoms with Gasteiger partial charge in [-0.25, -0.2) is 13.2 Å². The van der Waals surface area contributed by atoms with Crippen molar-refractivity contribution in [2.24, 2.45) is 0 Å². The van der Waals surface area contributed by atoms with Gasteiger partial charge < -0.3 is 10.4 Å². The zero-order valence-electron chi connectivity index (χ0n) is 10.8. The van der Waals surface area contributed by atoms with Gasteiger partial charge >= 0.3 is 0 Å². The summed E-state index contributed by atoms with van der Waals surface area (Å²) in [5.41, 5.74) is 0.361. The van der Waals surface area contributed by atoms with Crippen LogP contribution in [0.3, 0.4) is 0 Å². The van der Waals surface area contributed by atoms with E-state index >= 15 is 0 Å². The number of hydrogen-bond acceptors (Lipinski definition) is 3. The Morgan fingerprint density at radius 1 is 1.14 bits per heavy atom. The van der Waals surface area contributed by atoms with Gasteiger partial charge in [-0.05, 0) is 17.7 Å². The number of aromatic hydroxyl groups is 1. The maximum atomic E-state index is 13.9. The fourth-order valence-electron chi connectivity index (χ4n) is 2.20. The molecule has 0 saturated heterocycles. The van der Waals surface area contributed by atoms with Gasteiger partial charge in [0.05, 0.1) is 11.1 Å². The van der Waals surface area contributed by atoms with E-state index in [0.717, 1.165) is 0 Å². The first-order valence-corrected chi connectivity index (χ1v) is 6.05. The lowest BCUT2D eigenvalue weighted by molar-refractivity contribution is 0.392. The number of aromatic nitrogens is 2. The summed E-state index contributed by atoms with van der Waals surface area (Å²) in [6, 6.07) is 5.01. The monoisotopic (exact) mass is 293 g/mol. The lowest BCUT2D eigenvalue weighted by atomic mass is 10.0. The van der Waals surface area contributed by atoms with Gasteiger partial charge in [0.1, 0.15) is 5.82 Å². The Hall–Kier alpha value is -2.70. The molecule has 0 aliphatic carbocycles. The molecule has 2 aromatic carbocycles. The Balaban J connectivity index is 2.28. The Labute approximate surface area is 117 Å². The van der Waals surface area contributed by atoms with Crippen molar-refractivity contribution >= 4 is 16.7 Å². The normalized spacial score (nSPS) is 11.0. The van der Waals surface area contributed by atoms with E-state index < -0.39 is 28.8 Å². The van der Waals surface area contributed by atoms with Crippen molar-refractivity contribution in [3.63, 3.8) is 0 Å². The van der Waals surface area contributed by atoms with Gasteiger partial charge in [0.15, 0.2) is 23.2 Å². The molecule has 0 spiro atoms. The van der Waals surface area contributed by atoms with E-state index in [0.29, 0.717) is 22.8 Å². The second-order valence-corrected chi connectivity index (χ2v) is 4.46. The molecule has 108 valence electrons. The van der Waals surface area contributed by atoms with E-state index in [9.17, 15) is 18.3 Å². The minimum atomic E-state index is -1.34. The molecule has 0 saturated carbocycles. The summed E-state index contributed by atoms with van der Waals surface area (Å²) in [5.74, 6) is -4.45. The van der Waals surface area contributed by atoms with Crippen LogP contribution in [0.2, 0.25) is 0 Å². The standard InChI is InChI=1S/C14H10F3N3O/c1-18-14-7-4-6(2-3-10(7)19-20-14)11-8(15)5-9(16)13(21)12(11)17/h2-5,21H,1H3,(H2,18,19,20). The van der Waals surface area contributed by atoms with Crippen LogP contribution in [0.5, 0.6) is 5.75 Å². The van der Waals surface area contributed by atoms with E-state index in [1.165, 1.54) is 12.1 Å². The number of fused-ring (bicyclic) bond motifs is 1. The summed E-state index contributed by atoms with van der Waals surface area (Å²) in [6.45, 7) is 0. The summed E-state index contributed by atoms with van der Waals surface area (Å²) in [6.07, 6.45) is 0. The lowest BCUT2D eigenvalue weighted by Crippen LogP contribution is -1.94. The average Bonchev–Trinajstić information content (AvgIpc) is 2.87. The predicted molar refractivity (Wildman–Crippen MR) is 72.6 cm³/mol. The number of phenolic OH excluding ortho intramolecular Hbond substituents is 1. The Morgan fingerprint density at radius 3 is 2.62 bits per heavy atom. The third-order valence-corrected chi connectivity index (χ3v) is 3.23. The number of phenols is 1. The number of nitrogens with one attached hydrogen (secondary N) is 2. The van der Waals surface area contributed by atoms with Crippen LogP contribution in [0.15, 0.2) is 24.3 Å². The van der Waals surface area contributed by atoms with Gasteiger partial charge in [0, 0.05) is 18.5 Å². The van der Waals surface area contributed by atoms with Crippen molar-refractivity contribution < 1.29 is 18.3 Å². The highest BCUT2D eigenvalue weighted by molar-refractivity contribution is 5.93. The molecule has 3 rings (SSSR count). The first kappa shape index (κ1) is 13.3. The molecule has 0 amide bonds. The van der Waals surface area contributed by atoms with E-state index in [4.69, 9.17) is 0 Å². The molecule has 0 unspecified atom stereocenters. The molecule has 1 aromatic heterocycles. The second-order valence-electron chi connectivity index (χ2n) is 4.46. The highest BCUT2D eigenvalue weighted by Gasteiger charge is 2.20. The number of halogens is 3. The molecule has 0 aliphatic rings. The summed E-state index contributed by atoms with van der Waals surface area (Å²) in [4.78, 5) is 0. The first-order chi connectivity index (χ1) is 10.0. The van der Waals surface area contributed by atoms with Crippen LogP contribution in [0, 0.1) is 17.5 Å². The van der Waals surface area contributed by atoms with Gasteiger partial charge in [-0.15, -0.1) is 0 Å². The van der Waals surface area contributed by atoms with Gasteiger partial charge in [-0.1, -0.05) is 6.07 Å². The number of rotatable bonds is 2. The van der Waals surface area contributed by atoms with Crippen molar-refractivity contribution in [3.05, 3.63) is 41.7 Å². The molecule has 0 aliphatic heterocycles. The number of aromatic amines is 1. The predicted octanol–water partition coefficient (Wildman–Crippen LogP) is 3.39. The highest BCUT2D eigenvalue weighted by Crippen LogP contribution is 2.35. The van der Waals surface area contributed by atoms with Crippen molar-refractivity contribution in [1.82, 2.24) is 10.2 Å². The van der Waals surface area contributed by atoms with Gasteiger partial charge in [0.25, 0.3) is 0 Å². The van der Waals surface area contributed by atoms with Crippen LogP contribution in [-0.2, 0) is 0 Å². The maximum absolute atomic E-state index is 13.9. The topological polar surface area (TPSA) is 60.9 Å². The summed E-state index contributed by atoms with van der Waals surface area (Å²) >= 11 is 0. The molecule has 7 heteroatoms. The van der Waals surface area contributed by atoms with Crippen LogP contribution in [0.1, 0.15) is 0 Å². The highest BCUT2D eigenvalue weighted by atomic mass is 19.1. The van der Waals surface area contributed by atoms with E-state index in [1.54, 1.807) is 13.1 Å². The van der Waals surface area contributed by atoms with Crippen LogP contribution < -0.4 is 5.32 Å². The van der Waals surface area contributed by atoms with Gasteiger partial charge in [-0.3, -0.25) is 5.10 Å². The Morgan fingerprint density at radius 2 is 1.90 bits per heavy atom. The van der Waals surface area contributed by atoms with Crippen LogP contribution >= 0.6 is 0 Å². The smallest absolute Gasteiger partial charge is 0.188 e. The van der Waals surface area contributed by atoms with Gasteiger partial charge in [0.2, 0.25) is 0 Å². The fourth-order valence-corrected chi connectivity index (χ4v) is 2.20. The van der Waals surface area contributed by atoms with Crippen molar-refractivity contribution in [1.29, 1.82) is 0 Å². The summed E-state index contributed by atoms with van der Waals surface area (Å²) in [7, 11) is 1.66. The zero-order valence-corrected chi connectivity index (χ0v) is 10.8. The minimum absolute atomic E-state index is 0.172. The van der Waals surface area contributed by atoms with Crippen molar-refractivity contribution in [2.45, 2.75) is 0 Å². The molecule has 21 heavy (non-hydrogen) atoms. The Bertz CT molecular complexity index is 845. The third-order valence-electron chi connectivity index (χ3n) is 3.23. The molecule has 0 radical (unpaired) electrons. The quantitative estimate of drug-likeness (QED) is 0.678. The van der Waals surface area contributed by atoms with E-state index in [1.807, 2.05) is 0 Å². The number of benzene rings is 2. The van der Waals surface area contributed by atoms with E-state index in [-0.39, 0.29) is 5.56 Å². The molecule has 3 N–H and O–H groups in total. The summed E-state index contributed by atoms with van der Waals surface area (Å²) in [5, 5.41) is 19.5. The molecule has 0 atom stereocenters. The van der Waals surface area contributed by atoms with Crippen LogP contribution in [0.4, 0.5) is 19.0 Å². The van der Waals surface area contributed by atoms with Crippen molar-refractivity contribution in [3.8, 4) is 16.9 Å². The average molecular weight is 293 g/mol.